The summed E-state index contributed by atoms with van der Waals surface area (Å²) in [5.74, 6) is 5.39. The number of nitrogens with one attached hydrogen (secondary N) is 1. The van der Waals surface area contributed by atoms with E-state index >= 15 is 0 Å². The normalized spacial score (nSPS) is 9.81. The summed E-state index contributed by atoms with van der Waals surface area (Å²) in [6.45, 7) is 2.00. The van der Waals surface area contributed by atoms with Crippen LogP contribution in [0.3, 0.4) is 0 Å². The smallest absolute Gasteiger partial charge is 0.251 e. The Kier molecular flexibility index (Phi) is 4.99. The first-order valence-corrected chi connectivity index (χ1v) is 7.23. The molecule has 3 N–H and O–H groups in total. The fraction of sp³-hybridized carbons (Fsp3) is 0.188. The van der Waals surface area contributed by atoms with Gasteiger partial charge in [0.2, 0.25) is 0 Å². The summed E-state index contributed by atoms with van der Waals surface area (Å²) in [6.07, 6.45) is 0. The predicted molar refractivity (Wildman–Crippen MR) is 82.3 cm³/mol. The summed E-state index contributed by atoms with van der Waals surface area (Å²) in [4.78, 5) is 13.0. The number of rotatable bonds is 3. The SMILES string of the molecule is Cc1cc(C(=O)NCc2cc(C#CCO)cs2)ccc1O. The molecule has 0 bridgehead atoms. The minimum Gasteiger partial charge on any atom is -0.508 e. The highest BCUT2D eigenvalue weighted by molar-refractivity contribution is 7.10. The number of carbonyl (C=O) groups excluding carboxylic acids is 1. The van der Waals surface area contributed by atoms with Crippen LogP contribution in [0, 0.1) is 18.8 Å². The van der Waals surface area contributed by atoms with E-state index in [1.807, 2.05) is 11.4 Å². The molecule has 0 radical (unpaired) electrons. The van der Waals surface area contributed by atoms with Crippen molar-refractivity contribution in [3.63, 3.8) is 0 Å². The van der Waals surface area contributed by atoms with Crippen molar-refractivity contribution < 1.29 is 15.0 Å². The van der Waals surface area contributed by atoms with Crippen molar-refractivity contribution in [2.45, 2.75) is 13.5 Å². The first-order valence-electron chi connectivity index (χ1n) is 6.35. The maximum atomic E-state index is 12.0. The van der Waals surface area contributed by atoms with E-state index in [2.05, 4.69) is 17.2 Å². The van der Waals surface area contributed by atoms with Gasteiger partial charge in [-0.3, -0.25) is 4.79 Å². The minimum absolute atomic E-state index is 0.165. The Labute approximate surface area is 127 Å². The van der Waals surface area contributed by atoms with Crippen LogP contribution in [0.5, 0.6) is 5.75 Å². The number of phenols is 1. The van der Waals surface area contributed by atoms with E-state index in [0.717, 1.165) is 10.4 Å². The van der Waals surface area contributed by atoms with Gasteiger partial charge in [-0.05, 0) is 36.8 Å². The molecule has 0 aliphatic carbocycles. The Bertz CT molecular complexity index is 710. The van der Waals surface area contributed by atoms with Crippen LogP contribution in [0.1, 0.15) is 26.4 Å². The third-order valence-corrected chi connectivity index (χ3v) is 3.78. The van der Waals surface area contributed by atoms with Gasteiger partial charge in [-0.25, -0.2) is 0 Å². The molecule has 1 aromatic carbocycles. The van der Waals surface area contributed by atoms with Crippen LogP contribution in [-0.4, -0.2) is 22.7 Å². The number of amides is 1. The Morgan fingerprint density at radius 2 is 2.19 bits per heavy atom. The lowest BCUT2D eigenvalue weighted by molar-refractivity contribution is 0.0951. The van der Waals surface area contributed by atoms with E-state index in [-0.39, 0.29) is 18.3 Å². The number of aliphatic hydroxyl groups excluding tert-OH is 1. The largest absolute Gasteiger partial charge is 0.508 e. The zero-order valence-corrected chi connectivity index (χ0v) is 12.3. The number of hydrogen-bond acceptors (Lipinski definition) is 4. The Hall–Kier alpha value is -2.29. The second-order valence-electron chi connectivity index (χ2n) is 4.45. The maximum absolute atomic E-state index is 12.0. The number of thiophene rings is 1. The van der Waals surface area contributed by atoms with Crippen molar-refractivity contribution in [1.29, 1.82) is 0 Å². The molecule has 108 valence electrons. The van der Waals surface area contributed by atoms with Gasteiger partial charge in [0, 0.05) is 21.4 Å². The second-order valence-corrected chi connectivity index (χ2v) is 5.44. The molecular weight excluding hydrogens is 286 g/mol. The molecule has 21 heavy (non-hydrogen) atoms. The van der Waals surface area contributed by atoms with Crippen LogP contribution in [0.25, 0.3) is 0 Å². The standard InChI is InChI=1S/C16H15NO3S/c1-11-7-13(4-5-15(11)19)16(20)17-9-14-8-12(10-21-14)3-2-6-18/h4-5,7-8,10,18-19H,6,9H2,1H3,(H,17,20). The van der Waals surface area contributed by atoms with Crippen LogP contribution in [-0.2, 0) is 6.54 Å². The third-order valence-electron chi connectivity index (χ3n) is 2.85. The highest BCUT2D eigenvalue weighted by atomic mass is 32.1. The summed E-state index contributed by atoms with van der Waals surface area (Å²) in [5.41, 5.74) is 2.02. The second kappa shape index (κ2) is 6.93. The molecule has 0 saturated heterocycles. The van der Waals surface area contributed by atoms with Crippen molar-refractivity contribution in [1.82, 2.24) is 5.32 Å². The Morgan fingerprint density at radius 1 is 1.38 bits per heavy atom. The van der Waals surface area contributed by atoms with E-state index in [4.69, 9.17) is 5.11 Å². The zero-order chi connectivity index (χ0) is 15.2. The minimum atomic E-state index is -0.186. The first kappa shape index (κ1) is 15.1. The molecule has 2 rings (SSSR count). The molecule has 0 unspecified atom stereocenters. The quantitative estimate of drug-likeness (QED) is 0.760. The summed E-state index contributed by atoms with van der Waals surface area (Å²) in [7, 11) is 0. The van der Waals surface area contributed by atoms with Gasteiger partial charge in [-0.2, -0.15) is 0 Å². The molecule has 1 amide bonds. The van der Waals surface area contributed by atoms with Gasteiger partial charge < -0.3 is 15.5 Å². The highest BCUT2D eigenvalue weighted by Gasteiger charge is 2.07. The molecule has 0 fully saturated rings. The van der Waals surface area contributed by atoms with Crippen molar-refractivity contribution in [3.05, 3.63) is 51.2 Å². The molecule has 0 aliphatic rings. The number of aliphatic hydroxyl groups is 1. The van der Waals surface area contributed by atoms with E-state index in [1.165, 1.54) is 17.4 Å². The molecule has 2 aromatic rings. The fourth-order valence-corrected chi connectivity index (χ4v) is 2.50. The van der Waals surface area contributed by atoms with Crippen molar-refractivity contribution in [2.24, 2.45) is 0 Å². The van der Waals surface area contributed by atoms with E-state index in [0.29, 0.717) is 17.7 Å². The first-order chi connectivity index (χ1) is 10.1. The summed E-state index contributed by atoms with van der Waals surface area (Å²) >= 11 is 1.50. The monoisotopic (exact) mass is 301 g/mol. The van der Waals surface area contributed by atoms with Gasteiger partial charge in [-0.1, -0.05) is 11.8 Å². The van der Waals surface area contributed by atoms with E-state index < -0.39 is 0 Å². The lowest BCUT2D eigenvalue weighted by Gasteiger charge is -2.05. The Balaban J connectivity index is 1.97. The lowest BCUT2D eigenvalue weighted by Crippen LogP contribution is -2.22. The number of phenolic OH excluding ortho intramolecular Hbond substituents is 1. The molecule has 0 aliphatic heterocycles. The van der Waals surface area contributed by atoms with Crippen LogP contribution in [0.2, 0.25) is 0 Å². The predicted octanol–water partition coefficient (Wildman–Crippen LogP) is 2.04. The molecule has 0 saturated carbocycles. The number of hydrogen-bond donors (Lipinski definition) is 3. The van der Waals surface area contributed by atoms with Crippen molar-refractivity contribution >= 4 is 17.2 Å². The summed E-state index contributed by atoms with van der Waals surface area (Å²) < 4.78 is 0. The lowest BCUT2D eigenvalue weighted by atomic mass is 10.1. The summed E-state index contributed by atoms with van der Waals surface area (Å²) in [6, 6.07) is 6.63. The van der Waals surface area contributed by atoms with Gasteiger partial charge in [0.05, 0.1) is 6.54 Å². The van der Waals surface area contributed by atoms with Gasteiger partial charge >= 0.3 is 0 Å². The maximum Gasteiger partial charge on any atom is 0.251 e. The van der Waals surface area contributed by atoms with Crippen LogP contribution < -0.4 is 5.32 Å². The zero-order valence-electron chi connectivity index (χ0n) is 11.5. The van der Waals surface area contributed by atoms with Gasteiger partial charge in [0.1, 0.15) is 12.4 Å². The van der Waals surface area contributed by atoms with Gasteiger partial charge in [-0.15, -0.1) is 11.3 Å². The number of carbonyl (C=O) groups is 1. The molecule has 0 atom stereocenters. The Morgan fingerprint density at radius 3 is 2.90 bits per heavy atom. The number of aryl methyl sites for hydroxylation is 1. The molecule has 0 spiro atoms. The molecule has 1 aromatic heterocycles. The number of benzene rings is 1. The van der Waals surface area contributed by atoms with E-state index in [9.17, 15) is 9.90 Å². The third kappa shape index (κ3) is 4.09. The average molecular weight is 301 g/mol. The molecular formula is C16H15NO3S. The van der Waals surface area contributed by atoms with Crippen LogP contribution in [0.4, 0.5) is 0 Å². The molecule has 1 heterocycles. The van der Waals surface area contributed by atoms with Crippen molar-refractivity contribution in [3.8, 4) is 17.6 Å². The fourth-order valence-electron chi connectivity index (χ4n) is 1.75. The number of aromatic hydroxyl groups is 1. The van der Waals surface area contributed by atoms with Gasteiger partial charge in [0.15, 0.2) is 0 Å². The van der Waals surface area contributed by atoms with E-state index in [1.54, 1.807) is 19.1 Å². The van der Waals surface area contributed by atoms with Gasteiger partial charge in [0.25, 0.3) is 5.91 Å². The molecule has 4 nitrogen and oxygen atoms in total. The van der Waals surface area contributed by atoms with Crippen LogP contribution in [0.15, 0.2) is 29.6 Å². The highest BCUT2D eigenvalue weighted by Crippen LogP contribution is 2.17. The van der Waals surface area contributed by atoms with Crippen molar-refractivity contribution in [2.75, 3.05) is 6.61 Å². The topological polar surface area (TPSA) is 69.6 Å². The molecule has 5 heteroatoms. The summed E-state index contributed by atoms with van der Waals surface area (Å²) in [5, 5.41) is 22.8. The van der Waals surface area contributed by atoms with Crippen LogP contribution >= 0.6 is 11.3 Å². The average Bonchev–Trinajstić information content (AvgIpc) is 2.93.